The second-order valence-corrected chi connectivity index (χ2v) is 6.02. The first kappa shape index (κ1) is 13.2. The van der Waals surface area contributed by atoms with Gasteiger partial charge in [0.05, 0.1) is 6.61 Å². The van der Waals surface area contributed by atoms with Crippen molar-refractivity contribution in [3.63, 3.8) is 0 Å². The molecule has 0 radical (unpaired) electrons. The molecule has 0 aliphatic heterocycles. The maximum absolute atomic E-state index is 7.14. The van der Waals surface area contributed by atoms with Crippen molar-refractivity contribution < 1.29 is 4.74 Å². The van der Waals surface area contributed by atoms with Gasteiger partial charge < -0.3 is 10.5 Å². The predicted molar refractivity (Wildman–Crippen MR) is 83.1 cm³/mol. The number of nitrogens with two attached hydrogens (primary N) is 1. The zero-order valence-corrected chi connectivity index (χ0v) is 12.1. The number of amidine groups is 1. The number of hydrogen-bond acceptors (Lipinski definition) is 3. The number of rotatable bonds is 3. The molecule has 104 valence electrons. The van der Waals surface area contributed by atoms with E-state index >= 15 is 0 Å². The molecule has 0 saturated heterocycles. The number of fused-ring (bicyclic) bond motifs is 1. The molecule has 0 spiro atoms. The minimum absolute atomic E-state index is 0.178. The van der Waals surface area contributed by atoms with Crippen LogP contribution in [0.1, 0.15) is 17.5 Å². The molecule has 1 aliphatic carbocycles. The van der Waals surface area contributed by atoms with E-state index in [1.807, 2.05) is 0 Å². The van der Waals surface area contributed by atoms with Gasteiger partial charge in [0.2, 0.25) is 0 Å². The molecule has 1 aliphatic rings. The van der Waals surface area contributed by atoms with Gasteiger partial charge in [0.15, 0.2) is 0 Å². The van der Waals surface area contributed by atoms with E-state index in [9.17, 15) is 0 Å². The third-order valence-electron chi connectivity index (χ3n) is 3.89. The SMILES string of the molecule is N=C(N)OCC1CCc2c(cccc2-c2ccsc2)C1. The lowest BCUT2D eigenvalue weighted by molar-refractivity contribution is 0.218. The summed E-state index contributed by atoms with van der Waals surface area (Å²) in [7, 11) is 0. The maximum atomic E-state index is 7.14. The Kier molecular flexibility index (Phi) is 3.74. The van der Waals surface area contributed by atoms with E-state index in [-0.39, 0.29) is 6.02 Å². The van der Waals surface area contributed by atoms with Crippen molar-refractivity contribution in [3.8, 4) is 11.1 Å². The fourth-order valence-corrected chi connectivity index (χ4v) is 3.58. The highest BCUT2D eigenvalue weighted by molar-refractivity contribution is 7.08. The average molecular weight is 286 g/mol. The molecule has 1 heterocycles. The van der Waals surface area contributed by atoms with Gasteiger partial charge in [-0.25, -0.2) is 0 Å². The Balaban J connectivity index is 1.81. The lowest BCUT2D eigenvalue weighted by Crippen LogP contribution is -2.24. The van der Waals surface area contributed by atoms with Gasteiger partial charge in [0.1, 0.15) is 0 Å². The van der Waals surface area contributed by atoms with E-state index in [4.69, 9.17) is 15.9 Å². The molecule has 0 amide bonds. The van der Waals surface area contributed by atoms with Crippen molar-refractivity contribution in [2.75, 3.05) is 6.61 Å². The summed E-state index contributed by atoms with van der Waals surface area (Å²) >= 11 is 1.74. The highest BCUT2D eigenvalue weighted by atomic mass is 32.1. The van der Waals surface area contributed by atoms with Crippen LogP contribution >= 0.6 is 11.3 Å². The van der Waals surface area contributed by atoms with E-state index in [0.29, 0.717) is 12.5 Å². The minimum atomic E-state index is -0.178. The summed E-state index contributed by atoms with van der Waals surface area (Å²) in [4.78, 5) is 0. The third-order valence-corrected chi connectivity index (χ3v) is 4.57. The number of benzene rings is 1. The minimum Gasteiger partial charge on any atom is -0.465 e. The zero-order chi connectivity index (χ0) is 13.9. The van der Waals surface area contributed by atoms with E-state index < -0.39 is 0 Å². The van der Waals surface area contributed by atoms with Crippen LogP contribution in [0, 0.1) is 11.3 Å². The molecule has 3 nitrogen and oxygen atoms in total. The van der Waals surface area contributed by atoms with Gasteiger partial charge in [0, 0.05) is 0 Å². The Labute approximate surface area is 122 Å². The van der Waals surface area contributed by atoms with Gasteiger partial charge in [-0.3, -0.25) is 5.41 Å². The van der Waals surface area contributed by atoms with Crippen molar-refractivity contribution >= 4 is 17.4 Å². The number of ether oxygens (including phenoxy) is 1. The maximum Gasteiger partial charge on any atom is 0.279 e. The van der Waals surface area contributed by atoms with Gasteiger partial charge in [-0.05, 0) is 64.3 Å². The Bertz CT molecular complexity index is 607. The second-order valence-electron chi connectivity index (χ2n) is 5.24. The highest BCUT2D eigenvalue weighted by Crippen LogP contribution is 2.34. The van der Waals surface area contributed by atoms with Crippen molar-refractivity contribution in [1.82, 2.24) is 0 Å². The summed E-state index contributed by atoms with van der Waals surface area (Å²) in [5.74, 6) is 0.462. The van der Waals surface area contributed by atoms with E-state index in [0.717, 1.165) is 19.3 Å². The fraction of sp³-hybridized carbons (Fsp3) is 0.312. The van der Waals surface area contributed by atoms with Crippen LogP contribution in [0.15, 0.2) is 35.0 Å². The lowest BCUT2D eigenvalue weighted by Gasteiger charge is -2.26. The molecule has 1 unspecified atom stereocenters. The van der Waals surface area contributed by atoms with Gasteiger partial charge >= 0.3 is 0 Å². The Morgan fingerprint density at radius 2 is 2.30 bits per heavy atom. The number of nitrogens with one attached hydrogen (secondary N) is 1. The smallest absolute Gasteiger partial charge is 0.279 e. The van der Waals surface area contributed by atoms with Gasteiger partial charge in [0.25, 0.3) is 6.02 Å². The van der Waals surface area contributed by atoms with E-state index in [2.05, 4.69) is 35.0 Å². The van der Waals surface area contributed by atoms with Crippen LogP contribution in [0.2, 0.25) is 0 Å². The predicted octanol–water partition coefficient (Wildman–Crippen LogP) is 3.43. The monoisotopic (exact) mass is 286 g/mol. The molecule has 1 aromatic carbocycles. The standard InChI is InChI=1S/C16H18N2OS/c17-16(18)19-9-11-4-5-15-12(8-11)2-1-3-14(15)13-6-7-20-10-13/h1-3,6-7,10-11H,4-5,8-9H2,(H3,17,18). The number of hydrogen-bond donors (Lipinski definition) is 2. The molecule has 0 fully saturated rings. The van der Waals surface area contributed by atoms with Crippen LogP contribution in [-0.4, -0.2) is 12.6 Å². The summed E-state index contributed by atoms with van der Waals surface area (Å²) in [6, 6.07) is 8.58. The van der Waals surface area contributed by atoms with Crippen LogP contribution in [-0.2, 0) is 17.6 Å². The van der Waals surface area contributed by atoms with Gasteiger partial charge in [-0.1, -0.05) is 18.2 Å². The molecule has 20 heavy (non-hydrogen) atoms. The molecular weight excluding hydrogens is 268 g/mol. The first-order valence-corrected chi connectivity index (χ1v) is 7.78. The molecule has 4 heteroatoms. The summed E-state index contributed by atoms with van der Waals surface area (Å²) in [6.45, 7) is 0.553. The van der Waals surface area contributed by atoms with Crippen molar-refractivity contribution in [2.24, 2.45) is 11.7 Å². The first-order chi connectivity index (χ1) is 9.74. The van der Waals surface area contributed by atoms with E-state index in [1.165, 1.54) is 22.3 Å². The molecule has 3 N–H and O–H groups in total. The largest absolute Gasteiger partial charge is 0.465 e. The van der Waals surface area contributed by atoms with Crippen molar-refractivity contribution in [3.05, 3.63) is 46.2 Å². The van der Waals surface area contributed by atoms with Crippen LogP contribution in [0.25, 0.3) is 11.1 Å². The Morgan fingerprint density at radius 3 is 3.05 bits per heavy atom. The summed E-state index contributed by atoms with van der Waals surface area (Å²) < 4.78 is 5.16. The Morgan fingerprint density at radius 1 is 1.40 bits per heavy atom. The topological polar surface area (TPSA) is 59.1 Å². The summed E-state index contributed by atoms with van der Waals surface area (Å²) in [5, 5.41) is 11.5. The quantitative estimate of drug-likeness (QED) is 0.671. The average Bonchev–Trinajstić information content (AvgIpc) is 2.98. The van der Waals surface area contributed by atoms with Crippen molar-refractivity contribution in [1.29, 1.82) is 5.41 Å². The summed E-state index contributed by atoms with van der Waals surface area (Å²) in [6.07, 6.45) is 3.19. The lowest BCUT2D eigenvalue weighted by atomic mass is 9.81. The molecule has 0 bridgehead atoms. The van der Waals surface area contributed by atoms with Gasteiger partial charge in [-0.15, -0.1) is 0 Å². The summed E-state index contributed by atoms with van der Waals surface area (Å²) in [5.41, 5.74) is 10.8. The fourth-order valence-electron chi connectivity index (χ4n) is 2.92. The normalized spacial score (nSPS) is 17.5. The van der Waals surface area contributed by atoms with E-state index in [1.54, 1.807) is 11.3 Å². The zero-order valence-electron chi connectivity index (χ0n) is 11.3. The third kappa shape index (κ3) is 2.70. The van der Waals surface area contributed by atoms with Crippen molar-refractivity contribution in [2.45, 2.75) is 19.3 Å². The Hall–Kier alpha value is -1.81. The number of thiophene rings is 1. The molecule has 1 aromatic heterocycles. The first-order valence-electron chi connectivity index (χ1n) is 6.84. The molecule has 3 rings (SSSR count). The molecule has 0 saturated carbocycles. The van der Waals surface area contributed by atoms with Crippen LogP contribution in [0.4, 0.5) is 0 Å². The molecular formula is C16H18N2OS. The highest BCUT2D eigenvalue weighted by Gasteiger charge is 2.21. The molecule has 1 atom stereocenters. The second kappa shape index (κ2) is 5.67. The van der Waals surface area contributed by atoms with Crippen LogP contribution in [0.5, 0.6) is 0 Å². The van der Waals surface area contributed by atoms with Crippen LogP contribution < -0.4 is 5.73 Å². The van der Waals surface area contributed by atoms with Gasteiger partial charge in [-0.2, -0.15) is 11.3 Å². The molecule has 2 aromatic rings. The van der Waals surface area contributed by atoms with Crippen LogP contribution in [0.3, 0.4) is 0 Å².